The average molecular weight is 264 g/mol. The number of hydrogen-bond acceptors (Lipinski definition) is 2. The third-order valence-corrected chi connectivity index (χ3v) is 3.26. The summed E-state index contributed by atoms with van der Waals surface area (Å²) in [4.78, 5) is 4.45. The summed E-state index contributed by atoms with van der Waals surface area (Å²) in [7, 11) is 0. The third kappa shape index (κ3) is 2.57. The number of aromatic nitrogens is 2. The predicted octanol–water partition coefficient (Wildman–Crippen LogP) is 3.61. The Morgan fingerprint density at radius 1 is 1.10 bits per heavy atom. The fourth-order valence-corrected chi connectivity index (χ4v) is 2.33. The molecule has 0 amide bonds. The first-order valence-electron chi connectivity index (χ1n) is 6.58. The molecule has 0 fully saturated rings. The Labute approximate surface area is 118 Å². The lowest BCUT2D eigenvalue weighted by atomic mass is 10.1. The van der Waals surface area contributed by atoms with Crippen LogP contribution in [0.5, 0.6) is 5.75 Å². The van der Waals surface area contributed by atoms with Crippen molar-refractivity contribution < 1.29 is 5.11 Å². The van der Waals surface area contributed by atoms with Crippen molar-refractivity contribution >= 4 is 0 Å². The summed E-state index contributed by atoms with van der Waals surface area (Å²) in [6.07, 6.45) is 3.77. The lowest BCUT2D eigenvalue weighted by molar-refractivity contribution is 0.474. The van der Waals surface area contributed by atoms with Gasteiger partial charge < -0.3 is 9.67 Å². The molecular formula is C17H16N2O. The minimum absolute atomic E-state index is 0.291. The summed E-state index contributed by atoms with van der Waals surface area (Å²) >= 11 is 0. The first kappa shape index (κ1) is 12.5. The Hall–Kier alpha value is -2.55. The van der Waals surface area contributed by atoms with Gasteiger partial charge in [0.2, 0.25) is 0 Å². The van der Waals surface area contributed by atoms with Crippen molar-refractivity contribution in [3.63, 3.8) is 0 Å². The summed E-state index contributed by atoms with van der Waals surface area (Å²) < 4.78 is 2.09. The van der Waals surface area contributed by atoms with E-state index in [1.54, 1.807) is 18.3 Å². The molecule has 0 aliphatic heterocycles. The van der Waals surface area contributed by atoms with Crippen molar-refractivity contribution in [2.45, 2.75) is 13.5 Å². The van der Waals surface area contributed by atoms with Crippen molar-refractivity contribution in [1.29, 1.82) is 0 Å². The van der Waals surface area contributed by atoms with Gasteiger partial charge in [-0.05, 0) is 30.7 Å². The van der Waals surface area contributed by atoms with Gasteiger partial charge in [-0.3, -0.25) is 0 Å². The average Bonchev–Trinajstić information content (AvgIpc) is 2.87. The van der Waals surface area contributed by atoms with Crippen molar-refractivity contribution in [1.82, 2.24) is 9.55 Å². The van der Waals surface area contributed by atoms with Gasteiger partial charge in [0.15, 0.2) is 0 Å². The van der Waals surface area contributed by atoms with Gasteiger partial charge in [-0.15, -0.1) is 0 Å². The number of phenols is 1. The largest absolute Gasteiger partial charge is 0.508 e. The molecule has 20 heavy (non-hydrogen) atoms. The number of aryl methyl sites for hydroxylation is 1. The first-order valence-corrected chi connectivity index (χ1v) is 6.58. The zero-order valence-corrected chi connectivity index (χ0v) is 11.3. The maximum atomic E-state index is 9.54. The maximum Gasteiger partial charge on any atom is 0.140 e. The highest BCUT2D eigenvalue weighted by Gasteiger charge is 2.06. The number of nitrogens with zero attached hydrogens (tertiary/aromatic N) is 2. The van der Waals surface area contributed by atoms with Gasteiger partial charge in [0.1, 0.15) is 11.6 Å². The van der Waals surface area contributed by atoms with E-state index in [0.29, 0.717) is 12.3 Å². The lowest BCUT2D eigenvalue weighted by Gasteiger charge is -2.09. The Morgan fingerprint density at radius 2 is 1.95 bits per heavy atom. The zero-order valence-electron chi connectivity index (χ0n) is 11.3. The predicted molar refractivity (Wildman–Crippen MR) is 79.6 cm³/mol. The van der Waals surface area contributed by atoms with E-state index in [4.69, 9.17) is 0 Å². The van der Waals surface area contributed by atoms with Crippen LogP contribution in [-0.4, -0.2) is 14.7 Å². The summed E-state index contributed by atoms with van der Waals surface area (Å²) in [6, 6.07) is 15.6. The monoisotopic (exact) mass is 264 g/mol. The van der Waals surface area contributed by atoms with Crippen LogP contribution in [0.25, 0.3) is 11.4 Å². The maximum absolute atomic E-state index is 9.54. The van der Waals surface area contributed by atoms with Crippen LogP contribution in [-0.2, 0) is 6.54 Å². The minimum Gasteiger partial charge on any atom is -0.508 e. The van der Waals surface area contributed by atoms with Gasteiger partial charge in [0.25, 0.3) is 0 Å². The molecule has 0 aliphatic rings. The Bertz CT molecular complexity index is 731. The van der Waals surface area contributed by atoms with Crippen molar-refractivity contribution in [2.24, 2.45) is 0 Å². The molecule has 0 radical (unpaired) electrons. The van der Waals surface area contributed by atoms with Crippen LogP contribution in [0.4, 0.5) is 0 Å². The van der Waals surface area contributed by atoms with E-state index in [9.17, 15) is 5.11 Å². The smallest absolute Gasteiger partial charge is 0.140 e. The molecule has 0 bridgehead atoms. The van der Waals surface area contributed by atoms with E-state index in [2.05, 4.69) is 34.7 Å². The Kier molecular flexibility index (Phi) is 3.25. The van der Waals surface area contributed by atoms with E-state index in [1.165, 1.54) is 5.56 Å². The lowest BCUT2D eigenvalue weighted by Crippen LogP contribution is -2.01. The van der Waals surface area contributed by atoms with E-state index in [0.717, 1.165) is 17.0 Å². The number of aromatic hydroxyl groups is 1. The second-order valence-corrected chi connectivity index (χ2v) is 4.92. The quantitative estimate of drug-likeness (QED) is 0.784. The van der Waals surface area contributed by atoms with E-state index < -0.39 is 0 Å². The molecule has 2 aromatic carbocycles. The number of rotatable bonds is 3. The van der Waals surface area contributed by atoms with Crippen LogP contribution < -0.4 is 0 Å². The number of hydrogen-bond donors (Lipinski definition) is 1. The molecular weight excluding hydrogens is 248 g/mol. The van der Waals surface area contributed by atoms with Gasteiger partial charge in [0, 0.05) is 24.5 Å². The third-order valence-electron chi connectivity index (χ3n) is 3.26. The van der Waals surface area contributed by atoms with E-state index in [-0.39, 0.29) is 0 Å². The minimum atomic E-state index is 0.291. The number of imidazole rings is 1. The number of phenolic OH excluding ortho intramolecular Hbond substituents is 1. The molecule has 0 unspecified atom stereocenters. The molecule has 3 heteroatoms. The van der Waals surface area contributed by atoms with Gasteiger partial charge in [-0.1, -0.05) is 35.9 Å². The molecule has 100 valence electrons. The molecule has 0 atom stereocenters. The summed E-state index contributed by atoms with van der Waals surface area (Å²) in [5.74, 6) is 1.23. The fraction of sp³-hybridized carbons (Fsp3) is 0.118. The normalized spacial score (nSPS) is 10.7. The highest BCUT2D eigenvalue weighted by molar-refractivity contribution is 5.56. The molecule has 0 saturated carbocycles. The molecule has 0 saturated heterocycles. The summed E-state index contributed by atoms with van der Waals surface area (Å²) in [6.45, 7) is 2.77. The molecule has 0 spiro atoms. The van der Waals surface area contributed by atoms with Gasteiger partial charge in [-0.25, -0.2) is 4.98 Å². The molecule has 3 aromatic rings. The first-order chi connectivity index (χ1) is 9.72. The van der Waals surface area contributed by atoms with Crippen LogP contribution in [0.1, 0.15) is 11.1 Å². The van der Waals surface area contributed by atoms with Crippen LogP contribution in [0.3, 0.4) is 0 Å². The van der Waals surface area contributed by atoms with E-state index in [1.807, 2.05) is 24.4 Å². The van der Waals surface area contributed by atoms with Crippen molar-refractivity contribution in [2.75, 3.05) is 0 Å². The Morgan fingerprint density at radius 3 is 2.75 bits per heavy atom. The fourth-order valence-electron chi connectivity index (χ4n) is 2.33. The molecule has 3 nitrogen and oxygen atoms in total. The van der Waals surface area contributed by atoms with Crippen molar-refractivity contribution in [3.05, 3.63) is 72.1 Å². The van der Waals surface area contributed by atoms with Gasteiger partial charge >= 0.3 is 0 Å². The molecule has 1 heterocycles. The second kappa shape index (κ2) is 5.21. The SMILES string of the molecule is Cc1cccc(-c2nccn2Cc2cccc(O)c2)c1. The van der Waals surface area contributed by atoms with Crippen LogP contribution in [0.2, 0.25) is 0 Å². The van der Waals surface area contributed by atoms with Crippen LogP contribution in [0.15, 0.2) is 60.9 Å². The van der Waals surface area contributed by atoms with Crippen LogP contribution in [0, 0.1) is 6.92 Å². The standard InChI is InChI=1S/C17H16N2O/c1-13-4-2-6-15(10-13)17-18-8-9-19(17)12-14-5-3-7-16(20)11-14/h2-11,20H,12H2,1H3. The summed E-state index contributed by atoms with van der Waals surface area (Å²) in [5.41, 5.74) is 3.38. The topological polar surface area (TPSA) is 38.0 Å². The Balaban J connectivity index is 1.94. The molecule has 3 rings (SSSR count). The molecule has 1 aromatic heterocycles. The van der Waals surface area contributed by atoms with Gasteiger partial charge in [0.05, 0.1) is 0 Å². The van der Waals surface area contributed by atoms with Crippen molar-refractivity contribution in [3.8, 4) is 17.1 Å². The second-order valence-electron chi connectivity index (χ2n) is 4.92. The number of benzene rings is 2. The van der Waals surface area contributed by atoms with Crippen LogP contribution >= 0.6 is 0 Å². The molecule has 1 N–H and O–H groups in total. The zero-order chi connectivity index (χ0) is 13.9. The van der Waals surface area contributed by atoms with Gasteiger partial charge in [-0.2, -0.15) is 0 Å². The highest BCUT2D eigenvalue weighted by Crippen LogP contribution is 2.20. The summed E-state index contributed by atoms with van der Waals surface area (Å²) in [5, 5.41) is 9.54. The van der Waals surface area contributed by atoms with E-state index >= 15 is 0 Å². The highest BCUT2D eigenvalue weighted by atomic mass is 16.3. The molecule has 0 aliphatic carbocycles.